The zero-order valence-electron chi connectivity index (χ0n) is 47.0. The first kappa shape index (κ1) is 69.6. The molecule has 0 saturated heterocycles. The van der Waals surface area contributed by atoms with Crippen molar-refractivity contribution in [2.24, 2.45) is 0 Å². The summed E-state index contributed by atoms with van der Waals surface area (Å²) in [7, 11) is 1.10. The molecule has 74 heavy (non-hydrogen) atoms. The van der Waals surface area contributed by atoms with Crippen molar-refractivity contribution in [1.29, 1.82) is 0 Å². The zero-order valence-corrected chi connectivity index (χ0v) is 47.9. The topological polar surface area (TPSA) is 111 Å². The van der Waals surface area contributed by atoms with Crippen LogP contribution in [0.25, 0.3) is 0 Å². The molecule has 0 amide bonds. The second-order valence-electron chi connectivity index (χ2n) is 19.2. The largest absolute Gasteiger partial charge is 0.756 e. The highest BCUT2D eigenvalue weighted by Gasteiger charge is 2.21. The van der Waals surface area contributed by atoms with Crippen molar-refractivity contribution in [3.05, 3.63) is 158 Å². The minimum Gasteiger partial charge on any atom is -0.756 e. The first-order chi connectivity index (χ1) is 36.0. The van der Waals surface area contributed by atoms with Gasteiger partial charge >= 0.3 is 11.9 Å². The molecule has 0 aliphatic carbocycles. The number of nitrogens with zero attached hydrogens (tertiary/aromatic N) is 1. The smallest absolute Gasteiger partial charge is 0.306 e. The van der Waals surface area contributed by atoms with E-state index in [-0.39, 0.29) is 26.1 Å². The fourth-order valence-corrected chi connectivity index (χ4v) is 7.48. The van der Waals surface area contributed by atoms with E-state index < -0.39 is 32.5 Å². The summed E-state index contributed by atoms with van der Waals surface area (Å²) in [5, 5.41) is 0. The molecular weight excluding hydrogens is 942 g/mol. The number of ether oxygens (including phenoxy) is 2. The van der Waals surface area contributed by atoms with Gasteiger partial charge in [-0.1, -0.05) is 204 Å². The Balaban J connectivity index is 4.37. The number of carbonyl (C=O) groups is 2. The van der Waals surface area contributed by atoms with Gasteiger partial charge in [0, 0.05) is 12.8 Å². The van der Waals surface area contributed by atoms with Crippen LogP contribution in [0.3, 0.4) is 0 Å². The van der Waals surface area contributed by atoms with E-state index in [0.717, 1.165) is 122 Å². The van der Waals surface area contributed by atoms with Gasteiger partial charge in [-0.15, -0.1) is 0 Å². The average Bonchev–Trinajstić information content (AvgIpc) is 3.36. The molecule has 2 atom stereocenters. The molecule has 0 saturated carbocycles. The molecule has 9 nitrogen and oxygen atoms in total. The number of rotatable bonds is 49. The molecule has 0 bridgehead atoms. The van der Waals surface area contributed by atoms with Crippen molar-refractivity contribution in [3.63, 3.8) is 0 Å². The first-order valence-corrected chi connectivity index (χ1v) is 29.7. The standard InChI is InChI=1S/C64H102NO8P/c1-6-8-10-12-14-16-18-20-22-24-26-28-30-31-32-33-35-37-39-41-43-45-47-49-51-53-55-57-64(67)73-62(61-72-74(68,69)71-59-58-65(3,4)5)60-70-63(66)56-54-52-50-48-46-44-42-40-38-36-34-29-27-25-23-21-19-17-15-13-11-9-7-2/h8-11,14-17,20-23,26-29,31-32,35-38,41,43,47,49,62H,6-7,12-13,18-19,24-25,30,33-34,39-40,42,44-46,48,50-61H2,1-5H3/b10-8-,11-9-,16-14-,17-15-,22-20-,23-21-,28-26-,29-27-,32-31-,37-35-,38-36-,43-41-,49-47-. The molecule has 0 spiro atoms. The van der Waals surface area contributed by atoms with E-state index in [1.54, 1.807) is 0 Å². The van der Waals surface area contributed by atoms with E-state index >= 15 is 0 Å². The number of hydrogen-bond acceptors (Lipinski definition) is 8. The van der Waals surface area contributed by atoms with E-state index in [0.29, 0.717) is 23.9 Å². The van der Waals surface area contributed by atoms with Crippen LogP contribution in [0.15, 0.2) is 158 Å². The lowest BCUT2D eigenvalue weighted by Gasteiger charge is -2.28. The van der Waals surface area contributed by atoms with Crippen LogP contribution < -0.4 is 4.89 Å². The second-order valence-corrected chi connectivity index (χ2v) is 20.6. The molecule has 0 rings (SSSR count). The number of esters is 2. The molecule has 416 valence electrons. The lowest BCUT2D eigenvalue weighted by atomic mass is 10.1. The molecule has 10 heteroatoms. The van der Waals surface area contributed by atoms with Gasteiger partial charge < -0.3 is 27.9 Å². The predicted molar refractivity (Wildman–Crippen MR) is 313 cm³/mol. The van der Waals surface area contributed by atoms with Crippen molar-refractivity contribution < 1.29 is 42.1 Å². The minimum absolute atomic E-state index is 0.0517. The SMILES string of the molecule is CC/C=C\C/C=C\C/C=C\C/C=C\C/C=C\C/C=C\C/C=C\C/C=C\CCCCC(=O)OC(COC(=O)CCCCCCCCC/C=C\C/C=C\C/C=C\C/C=C\C/C=C\CC)COP(=O)([O-])OCC[N+](C)(C)C. The zero-order chi connectivity index (χ0) is 54.2. The van der Waals surface area contributed by atoms with Gasteiger partial charge in [-0.05, 0) is 122 Å². The molecule has 0 aliphatic heterocycles. The van der Waals surface area contributed by atoms with Crippen molar-refractivity contribution in [3.8, 4) is 0 Å². The second kappa shape index (κ2) is 53.5. The molecule has 0 radical (unpaired) electrons. The molecule has 0 aromatic heterocycles. The number of allylic oxidation sites excluding steroid dienone is 26. The maximum atomic E-state index is 12.8. The summed E-state index contributed by atoms with van der Waals surface area (Å²) in [6.45, 7) is 3.91. The summed E-state index contributed by atoms with van der Waals surface area (Å²) >= 11 is 0. The molecule has 0 N–H and O–H groups in total. The highest BCUT2D eigenvalue weighted by atomic mass is 31.2. The highest BCUT2D eigenvalue weighted by Crippen LogP contribution is 2.38. The number of unbranched alkanes of at least 4 members (excludes halogenated alkanes) is 9. The number of phosphoric acid groups is 1. The van der Waals surface area contributed by atoms with Crippen LogP contribution in [0.2, 0.25) is 0 Å². The van der Waals surface area contributed by atoms with Crippen LogP contribution in [0.1, 0.15) is 181 Å². The number of carbonyl (C=O) groups excluding carboxylic acids is 2. The highest BCUT2D eigenvalue weighted by molar-refractivity contribution is 7.45. The Labute approximate surface area is 452 Å². The molecule has 0 aromatic carbocycles. The van der Waals surface area contributed by atoms with E-state index in [9.17, 15) is 19.0 Å². The Morgan fingerprint density at radius 2 is 0.730 bits per heavy atom. The number of likely N-dealkylation sites (N-methyl/N-ethyl adjacent to an activating group) is 1. The van der Waals surface area contributed by atoms with Crippen molar-refractivity contribution in [2.75, 3.05) is 47.5 Å². The maximum Gasteiger partial charge on any atom is 0.306 e. The number of quaternary nitrogens is 1. The van der Waals surface area contributed by atoms with Crippen LogP contribution in [-0.4, -0.2) is 70.0 Å². The molecule has 0 fully saturated rings. The Morgan fingerprint density at radius 1 is 0.419 bits per heavy atom. The van der Waals surface area contributed by atoms with Gasteiger partial charge in [0.25, 0.3) is 7.82 Å². The molecular formula is C64H102NO8P. The first-order valence-electron chi connectivity index (χ1n) is 28.2. The van der Waals surface area contributed by atoms with Crippen molar-refractivity contribution in [1.82, 2.24) is 0 Å². The quantitative estimate of drug-likeness (QED) is 0.0195. The summed E-state index contributed by atoms with van der Waals surface area (Å²) < 4.78 is 34.1. The molecule has 0 heterocycles. The molecule has 2 unspecified atom stereocenters. The van der Waals surface area contributed by atoms with Gasteiger partial charge in [0.1, 0.15) is 19.8 Å². The maximum absolute atomic E-state index is 12.8. The monoisotopic (exact) mass is 1040 g/mol. The van der Waals surface area contributed by atoms with Gasteiger partial charge in [0.2, 0.25) is 0 Å². The van der Waals surface area contributed by atoms with Crippen molar-refractivity contribution >= 4 is 19.8 Å². The third-order valence-electron chi connectivity index (χ3n) is 11.0. The van der Waals surface area contributed by atoms with Gasteiger partial charge in [-0.2, -0.15) is 0 Å². The van der Waals surface area contributed by atoms with Crippen LogP contribution >= 0.6 is 7.82 Å². The van der Waals surface area contributed by atoms with Gasteiger partial charge in [0.15, 0.2) is 6.10 Å². The summed E-state index contributed by atoms with van der Waals surface area (Å²) in [6.07, 6.45) is 80.0. The number of phosphoric ester groups is 1. The van der Waals surface area contributed by atoms with Crippen molar-refractivity contribution in [2.45, 2.75) is 187 Å². The van der Waals surface area contributed by atoms with Crippen LogP contribution in [0.5, 0.6) is 0 Å². The lowest BCUT2D eigenvalue weighted by Crippen LogP contribution is -2.37. The molecule has 0 aliphatic rings. The lowest BCUT2D eigenvalue weighted by molar-refractivity contribution is -0.870. The summed E-state index contributed by atoms with van der Waals surface area (Å²) in [4.78, 5) is 37.9. The normalized spacial score (nSPS) is 14.5. The Hall–Kier alpha value is -4.37. The summed E-state index contributed by atoms with van der Waals surface area (Å²) in [5.74, 6) is -0.913. The van der Waals surface area contributed by atoms with Crippen LogP contribution in [0.4, 0.5) is 0 Å². The number of hydrogen-bond donors (Lipinski definition) is 0. The van der Waals surface area contributed by atoms with Gasteiger partial charge in [-0.3, -0.25) is 14.2 Å². The fourth-order valence-electron chi connectivity index (χ4n) is 6.75. The summed E-state index contributed by atoms with van der Waals surface area (Å²) in [6, 6.07) is 0. The van der Waals surface area contributed by atoms with Crippen LogP contribution in [-0.2, 0) is 32.7 Å². The molecule has 0 aromatic rings. The Morgan fingerprint density at radius 3 is 1.11 bits per heavy atom. The van der Waals surface area contributed by atoms with E-state index in [4.69, 9.17) is 18.5 Å². The third-order valence-corrected chi connectivity index (χ3v) is 12.0. The summed E-state index contributed by atoms with van der Waals surface area (Å²) in [5.41, 5.74) is 0. The van der Waals surface area contributed by atoms with E-state index in [1.165, 1.54) is 19.3 Å². The minimum atomic E-state index is -4.66. The van der Waals surface area contributed by atoms with Crippen LogP contribution in [0, 0.1) is 0 Å². The third kappa shape index (κ3) is 56.9. The van der Waals surface area contributed by atoms with Gasteiger partial charge in [0.05, 0.1) is 27.7 Å². The Bertz CT molecular complexity index is 1800. The predicted octanol–water partition coefficient (Wildman–Crippen LogP) is 17.1. The van der Waals surface area contributed by atoms with E-state index in [1.807, 2.05) is 21.1 Å². The average molecular weight is 1040 g/mol. The fraction of sp³-hybridized carbons (Fsp3) is 0.562. The Kier molecular flexibility index (Phi) is 50.3. The van der Waals surface area contributed by atoms with Gasteiger partial charge in [-0.25, -0.2) is 0 Å². The van der Waals surface area contributed by atoms with E-state index in [2.05, 4.69) is 172 Å².